The van der Waals surface area contributed by atoms with Crippen molar-refractivity contribution in [1.29, 1.82) is 5.26 Å². The van der Waals surface area contributed by atoms with Gasteiger partial charge in [0.15, 0.2) is 0 Å². The Morgan fingerprint density at radius 1 is 1.19 bits per heavy atom. The fourth-order valence-electron chi connectivity index (χ4n) is 3.80. The molecule has 170 valence electrons. The van der Waals surface area contributed by atoms with Gasteiger partial charge in [-0.25, -0.2) is 0 Å². The number of carbonyl (C=O) groups is 1. The van der Waals surface area contributed by atoms with E-state index in [2.05, 4.69) is 16.4 Å². The molecule has 1 aliphatic carbocycles. The molecule has 1 heterocycles. The van der Waals surface area contributed by atoms with Crippen LogP contribution >= 0.6 is 11.6 Å². The van der Waals surface area contributed by atoms with E-state index in [1.165, 1.54) is 0 Å². The number of nitrogens with zero attached hydrogens (tertiary/aromatic N) is 2. The van der Waals surface area contributed by atoms with Gasteiger partial charge in [0.1, 0.15) is 11.5 Å². The fourth-order valence-corrected chi connectivity index (χ4v) is 3.96. The molecule has 2 aromatic rings. The van der Waals surface area contributed by atoms with Crippen LogP contribution in [0.15, 0.2) is 42.7 Å². The second kappa shape index (κ2) is 11.2. The Labute approximate surface area is 194 Å². The zero-order valence-electron chi connectivity index (χ0n) is 18.6. The van der Waals surface area contributed by atoms with Crippen LogP contribution in [-0.4, -0.2) is 29.6 Å². The molecule has 0 spiro atoms. The highest BCUT2D eigenvalue weighted by Gasteiger charge is 2.31. The number of pyridine rings is 1. The molecule has 0 aliphatic heterocycles. The van der Waals surface area contributed by atoms with Gasteiger partial charge in [0.2, 0.25) is 5.91 Å². The van der Waals surface area contributed by atoms with Gasteiger partial charge in [0, 0.05) is 23.7 Å². The number of carbonyl (C=O) groups excluding carboxylic acids is 1. The van der Waals surface area contributed by atoms with Gasteiger partial charge in [0.25, 0.3) is 0 Å². The molecule has 0 radical (unpaired) electrons. The summed E-state index contributed by atoms with van der Waals surface area (Å²) in [5.74, 6) is 1.51. The summed E-state index contributed by atoms with van der Waals surface area (Å²) in [5.41, 5.74) is 0.144. The van der Waals surface area contributed by atoms with Crippen LogP contribution in [0.3, 0.4) is 0 Å². The molecular formula is C25H30ClN3O3. The summed E-state index contributed by atoms with van der Waals surface area (Å²) in [6, 6.07) is 11.1. The number of ether oxygens (including phenoxy) is 2. The molecular weight excluding hydrogens is 426 g/mol. The summed E-state index contributed by atoms with van der Waals surface area (Å²) in [4.78, 5) is 16.9. The summed E-state index contributed by atoms with van der Waals surface area (Å²) in [7, 11) is 0. The van der Waals surface area contributed by atoms with Gasteiger partial charge >= 0.3 is 0 Å². The first-order valence-corrected chi connectivity index (χ1v) is 11.4. The van der Waals surface area contributed by atoms with Gasteiger partial charge in [0.05, 0.1) is 35.6 Å². The number of nitrogens with one attached hydrogen (secondary N) is 1. The quantitative estimate of drug-likeness (QED) is 0.519. The number of aromatic nitrogens is 1. The molecule has 6 nitrogen and oxygen atoms in total. The van der Waals surface area contributed by atoms with Gasteiger partial charge in [-0.2, -0.15) is 5.26 Å². The molecule has 0 unspecified atom stereocenters. The van der Waals surface area contributed by atoms with Crippen molar-refractivity contribution in [3.8, 4) is 17.6 Å². The Bertz CT molecular complexity index is 932. The third-order valence-corrected chi connectivity index (χ3v) is 6.01. The van der Waals surface area contributed by atoms with Gasteiger partial charge in [-0.1, -0.05) is 25.4 Å². The lowest BCUT2D eigenvalue weighted by Gasteiger charge is -2.32. The number of amides is 1. The van der Waals surface area contributed by atoms with Crippen LogP contribution < -0.4 is 14.8 Å². The number of benzene rings is 1. The Hall–Kier alpha value is -2.78. The lowest BCUT2D eigenvalue weighted by Crippen LogP contribution is -2.45. The standard InChI is InChI=1S/C25H30ClN3O3/c1-25(2,12-3-13-31-21-8-4-18(15-27)5-9-21)24(30)29-20-6-10-22(11-7-20)32-23-14-19(26)16-28-17-23/h4-5,8-9,14,16-17,20,22H,3,6-7,10-13H2,1-2H3,(H,29,30). The predicted molar refractivity (Wildman–Crippen MR) is 124 cm³/mol. The van der Waals surface area contributed by atoms with Crippen LogP contribution in [-0.2, 0) is 4.79 Å². The van der Waals surface area contributed by atoms with E-state index < -0.39 is 5.41 Å². The van der Waals surface area contributed by atoms with E-state index in [0.29, 0.717) is 22.9 Å². The highest BCUT2D eigenvalue weighted by Crippen LogP contribution is 2.27. The summed E-state index contributed by atoms with van der Waals surface area (Å²) in [5, 5.41) is 12.6. The molecule has 1 aliphatic rings. The number of hydrogen-bond acceptors (Lipinski definition) is 5. The first kappa shape index (κ1) is 23.9. The maximum Gasteiger partial charge on any atom is 0.225 e. The van der Waals surface area contributed by atoms with Gasteiger partial charge in [-0.15, -0.1) is 0 Å². The summed E-state index contributed by atoms with van der Waals surface area (Å²) in [6.45, 7) is 4.49. The topological polar surface area (TPSA) is 84.2 Å². The zero-order chi connectivity index (χ0) is 23.0. The second-order valence-electron chi connectivity index (χ2n) is 8.88. The van der Waals surface area contributed by atoms with Crippen molar-refractivity contribution in [2.75, 3.05) is 6.61 Å². The Kier molecular flexibility index (Phi) is 8.35. The maximum absolute atomic E-state index is 12.8. The van der Waals surface area contributed by atoms with E-state index in [9.17, 15) is 4.79 Å². The molecule has 7 heteroatoms. The molecule has 3 rings (SSSR count). The predicted octanol–water partition coefficient (Wildman–Crippen LogP) is 5.30. The minimum Gasteiger partial charge on any atom is -0.494 e. The minimum atomic E-state index is -0.464. The molecule has 1 amide bonds. The van der Waals surface area contributed by atoms with Gasteiger partial charge in [-0.05, 0) is 62.8 Å². The molecule has 1 aromatic carbocycles. The Balaban J connectivity index is 1.36. The number of halogens is 1. The molecule has 1 aromatic heterocycles. The van der Waals surface area contributed by atoms with E-state index in [4.69, 9.17) is 26.3 Å². The minimum absolute atomic E-state index is 0.0827. The van der Waals surface area contributed by atoms with Crippen LogP contribution in [0.1, 0.15) is 57.9 Å². The van der Waals surface area contributed by atoms with E-state index in [-0.39, 0.29) is 18.1 Å². The average Bonchev–Trinajstić information content (AvgIpc) is 2.78. The van der Waals surface area contributed by atoms with Crippen molar-refractivity contribution in [2.45, 2.75) is 64.5 Å². The van der Waals surface area contributed by atoms with E-state index >= 15 is 0 Å². The van der Waals surface area contributed by atoms with Crippen LogP contribution in [0.4, 0.5) is 0 Å². The normalized spacial score (nSPS) is 18.4. The monoisotopic (exact) mass is 455 g/mol. The van der Waals surface area contributed by atoms with Crippen LogP contribution in [0.2, 0.25) is 5.02 Å². The molecule has 1 saturated carbocycles. The second-order valence-corrected chi connectivity index (χ2v) is 9.31. The Morgan fingerprint density at radius 2 is 1.91 bits per heavy atom. The van der Waals surface area contributed by atoms with Gasteiger partial charge < -0.3 is 14.8 Å². The van der Waals surface area contributed by atoms with Crippen molar-refractivity contribution in [3.63, 3.8) is 0 Å². The first-order valence-electron chi connectivity index (χ1n) is 11.1. The maximum atomic E-state index is 12.8. The number of rotatable bonds is 9. The van der Waals surface area contributed by atoms with Crippen molar-refractivity contribution < 1.29 is 14.3 Å². The third kappa shape index (κ3) is 7.13. The van der Waals surface area contributed by atoms with E-state index in [1.54, 1.807) is 42.7 Å². The van der Waals surface area contributed by atoms with Crippen molar-refractivity contribution in [1.82, 2.24) is 10.3 Å². The van der Waals surface area contributed by atoms with E-state index in [0.717, 1.165) is 44.3 Å². The summed E-state index contributed by atoms with van der Waals surface area (Å²) >= 11 is 5.97. The van der Waals surface area contributed by atoms with E-state index in [1.807, 2.05) is 13.8 Å². The molecule has 0 bridgehead atoms. The summed E-state index contributed by atoms with van der Waals surface area (Å²) in [6.07, 6.45) is 8.44. The lowest BCUT2D eigenvalue weighted by molar-refractivity contribution is -0.130. The largest absolute Gasteiger partial charge is 0.494 e. The van der Waals surface area contributed by atoms with Crippen LogP contribution in [0.5, 0.6) is 11.5 Å². The van der Waals surface area contributed by atoms with Gasteiger partial charge in [-0.3, -0.25) is 9.78 Å². The molecule has 0 saturated heterocycles. The number of hydrogen-bond donors (Lipinski definition) is 1. The molecule has 0 atom stereocenters. The Morgan fingerprint density at radius 3 is 2.56 bits per heavy atom. The number of nitriles is 1. The average molecular weight is 456 g/mol. The highest BCUT2D eigenvalue weighted by atomic mass is 35.5. The van der Waals surface area contributed by atoms with Crippen LogP contribution in [0.25, 0.3) is 0 Å². The smallest absolute Gasteiger partial charge is 0.225 e. The third-order valence-electron chi connectivity index (χ3n) is 5.80. The first-order chi connectivity index (χ1) is 15.4. The highest BCUT2D eigenvalue weighted by molar-refractivity contribution is 6.30. The van der Waals surface area contributed by atoms with Crippen molar-refractivity contribution in [2.24, 2.45) is 5.41 Å². The van der Waals surface area contributed by atoms with Crippen molar-refractivity contribution in [3.05, 3.63) is 53.3 Å². The molecule has 32 heavy (non-hydrogen) atoms. The van der Waals surface area contributed by atoms with Crippen LogP contribution in [0, 0.1) is 16.7 Å². The lowest BCUT2D eigenvalue weighted by atomic mass is 9.85. The molecule has 1 fully saturated rings. The fraction of sp³-hybridized carbons (Fsp3) is 0.480. The zero-order valence-corrected chi connectivity index (χ0v) is 19.4. The SMILES string of the molecule is CC(C)(CCCOc1ccc(C#N)cc1)C(=O)NC1CCC(Oc2cncc(Cl)c2)CC1. The van der Waals surface area contributed by atoms with Crippen molar-refractivity contribution >= 4 is 17.5 Å². The molecule has 1 N–H and O–H groups in total. The summed E-state index contributed by atoms with van der Waals surface area (Å²) < 4.78 is 11.7.